The van der Waals surface area contributed by atoms with Crippen LogP contribution in [0.3, 0.4) is 0 Å². The minimum atomic E-state index is -4.53. The van der Waals surface area contributed by atoms with Crippen LogP contribution < -0.4 is 16.0 Å². The van der Waals surface area contributed by atoms with Crippen molar-refractivity contribution in [2.45, 2.75) is 36.5 Å². The first kappa shape index (κ1) is 34.6. The van der Waals surface area contributed by atoms with E-state index in [-0.39, 0.29) is 38.5 Å². The van der Waals surface area contributed by atoms with Crippen LogP contribution in [0.25, 0.3) is 5.82 Å². The van der Waals surface area contributed by atoms with Crippen molar-refractivity contribution in [3.05, 3.63) is 110 Å². The zero-order valence-electron chi connectivity index (χ0n) is 26.6. The number of nitrogens with zero attached hydrogens (tertiary/aromatic N) is 5. The van der Waals surface area contributed by atoms with Gasteiger partial charge in [-0.05, 0) is 5.56 Å². The number of alkyl halides is 4. The predicted octanol–water partition coefficient (Wildman–Crippen LogP) is 6.98. The molecule has 1 unspecified atom stereocenters. The summed E-state index contributed by atoms with van der Waals surface area (Å²) >= 11 is 3.98. The summed E-state index contributed by atoms with van der Waals surface area (Å²) in [4.78, 5) is 38.0. The number of allylic oxidation sites excluding steroid dienone is 1. The quantitative estimate of drug-likeness (QED) is 0.118. The second kappa shape index (κ2) is 14.7. The molecule has 2 aliphatic rings. The van der Waals surface area contributed by atoms with E-state index in [1.165, 1.54) is 30.8 Å². The molecular formula is C34H33ClF3IN8O2. The number of pyridine rings is 1. The van der Waals surface area contributed by atoms with E-state index in [1.807, 2.05) is 24.3 Å². The number of hydrogen-bond acceptors (Lipinski definition) is 7. The number of carbonyl (C=O) groups excluding carboxylic acids is 2. The van der Waals surface area contributed by atoms with Gasteiger partial charge in [-0.15, -0.1) is 0 Å². The Labute approximate surface area is 293 Å². The maximum absolute atomic E-state index is 14.0. The molecule has 4 heterocycles. The first-order chi connectivity index (χ1) is 23.5. The van der Waals surface area contributed by atoms with Crippen LogP contribution in [0.15, 0.2) is 81.6 Å². The number of benzene rings is 2. The standard InChI is InChI=1S/C34H33ClF3IN8O2/c1-21-13-24(40-2)14-26(32(48)43-23-10-12-46(19-23)18-22-7-4-3-5-8-22)30(21)44-33(49)28-15-25(16-39-17-29(42-20-39)34(36,37)38)45-47(28)31-27(35)9-6-11-41-31/h3-9,11,13-15,17,20,23,40H,10,12,16,18-19H2,1-2H3,(H,43,48)(H,44,49). The van der Waals surface area contributed by atoms with E-state index in [4.69, 9.17) is 11.6 Å². The van der Waals surface area contributed by atoms with Crippen molar-refractivity contribution in [1.29, 1.82) is 0 Å². The Kier molecular flexibility index (Phi) is 10.4. The Morgan fingerprint density at radius 2 is 1.88 bits per heavy atom. The molecule has 0 bridgehead atoms. The van der Waals surface area contributed by atoms with Crippen LogP contribution in [0.1, 0.15) is 44.1 Å². The summed E-state index contributed by atoms with van der Waals surface area (Å²) in [7, 11) is 1.75. The van der Waals surface area contributed by atoms with Crippen molar-refractivity contribution in [3.8, 4) is 5.82 Å². The summed E-state index contributed by atoms with van der Waals surface area (Å²) in [5.74, 6) is -0.749. The van der Waals surface area contributed by atoms with E-state index in [0.717, 1.165) is 19.5 Å². The normalized spacial score (nSPS) is 16.9. The number of carbonyl (C=O) groups is 2. The van der Waals surface area contributed by atoms with Gasteiger partial charge in [0.15, 0.2) is 0 Å². The molecule has 1 fully saturated rings. The molecule has 3 N–H and O–H groups in total. The molecule has 4 aromatic rings. The topological polar surface area (TPSA) is 117 Å². The van der Waals surface area contributed by atoms with Crippen molar-refractivity contribution in [3.63, 3.8) is 0 Å². The van der Waals surface area contributed by atoms with Gasteiger partial charge in [0.1, 0.15) is 0 Å². The zero-order chi connectivity index (χ0) is 34.7. The van der Waals surface area contributed by atoms with Gasteiger partial charge in [0.25, 0.3) is 0 Å². The van der Waals surface area contributed by atoms with E-state index in [9.17, 15) is 22.8 Å². The molecule has 1 saturated heterocycles. The molecule has 1 atom stereocenters. The monoisotopic (exact) mass is 804 g/mol. The van der Waals surface area contributed by atoms with Crippen molar-refractivity contribution >= 4 is 58.8 Å². The van der Waals surface area contributed by atoms with Crippen LogP contribution in [0, 0.1) is 6.92 Å². The molecule has 256 valence electrons. The molecule has 0 radical (unpaired) electrons. The van der Waals surface area contributed by atoms with Crippen molar-refractivity contribution in [2.75, 3.05) is 30.8 Å². The molecule has 2 aromatic heterocycles. The fraction of sp³-hybridized carbons (Fsp3) is 0.265. The fourth-order valence-electron chi connectivity index (χ4n) is 5.68. The van der Waals surface area contributed by atoms with Crippen molar-refractivity contribution < 1.29 is 22.8 Å². The minimum absolute atomic E-state index is 0.0541. The summed E-state index contributed by atoms with van der Waals surface area (Å²) in [5, 5.41) is 13.9. The average Bonchev–Trinajstić information content (AvgIpc) is 3.83. The van der Waals surface area contributed by atoms with E-state index in [0.29, 0.717) is 29.2 Å². The van der Waals surface area contributed by atoms with Gasteiger partial charge in [-0.25, -0.2) is 0 Å². The van der Waals surface area contributed by atoms with Crippen LogP contribution in [-0.2, 0) is 11.0 Å². The molecule has 10 nitrogen and oxygen atoms in total. The summed E-state index contributed by atoms with van der Waals surface area (Å²) < 4.78 is 43.7. The van der Waals surface area contributed by atoms with Crippen LogP contribution in [0.5, 0.6) is 0 Å². The van der Waals surface area contributed by atoms with Crippen LogP contribution in [-0.4, -0.2) is 68.1 Å². The molecule has 2 aliphatic heterocycles. The van der Waals surface area contributed by atoms with Gasteiger partial charge < -0.3 is 0 Å². The van der Waals surface area contributed by atoms with E-state index < -0.39 is 37.6 Å². The molecule has 49 heavy (non-hydrogen) atoms. The first-order valence-corrected chi connectivity index (χ1v) is 19.7. The van der Waals surface area contributed by atoms with Gasteiger partial charge in [-0.1, -0.05) is 30.3 Å². The molecule has 6 rings (SSSR count). The van der Waals surface area contributed by atoms with E-state index in [1.54, 1.807) is 32.2 Å². The number of amides is 2. The Balaban J connectivity index is 1.25. The summed E-state index contributed by atoms with van der Waals surface area (Å²) in [6, 6.07) is 18.3. The Bertz CT molecular complexity index is 1930. The van der Waals surface area contributed by atoms with Gasteiger partial charge >= 0.3 is 241 Å². The molecule has 0 saturated carbocycles. The molecular weight excluding hydrogens is 772 g/mol. The third kappa shape index (κ3) is 8.13. The van der Waals surface area contributed by atoms with Crippen molar-refractivity contribution in [1.82, 2.24) is 25.0 Å². The third-order valence-electron chi connectivity index (χ3n) is 8.03. The summed E-state index contributed by atoms with van der Waals surface area (Å²) in [6.45, 7) is 4.10. The average molecular weight is 805 g/mol. The zero-order valence-corrected chi connectivity index (χ0v) is 29.5. The number of aryl methyl sites for hydroxylation is 1. The number of aliphatic imine (C=N–C) groups is 1. The number of nitrogens with one attached hydrogen (secondary N) is 3. The van der Waals surface area contributed by atoms with Crippen LogP contribution >= 0.6 is 31.4 Å². The number of likely N-dealkylation sites (tertiary alicyclic amines) is 1. The van der Waals surface area contributed by atoms with Gasteiger partial charge in [0.05, 0.1) is 0 Å². The molecule has 2 amide bonds. The maximum atomic E-state index is 14.0. The Hall–Kier alpha value is -4.28. The Morgan fingerprint density at radius 1 is 1.08 bits per heavy atom. The number of rotatable bonds is 10. The van der Waals surface area contributed by atoms with Gasteiger partial charge in [-0.2, -0.15) is 0 Å². The van der Waals surface area contributed by atoms with Crippen LogP contribution in [0.2, 0.25) is 5.02 Å². The number of anilines is 2. The molecule has 2 aromatic carbocycles. The SMILES string of the molecule is CNc1cc(C)c(NC(=O)c2cc(CI3C=NC(C(F)(F)F)=C3)nn2-c2ncccc2Cl)c(C(=O)NC2CCN(Cc3ccccc3)C2)c1. The molecule has 15 heteroatoms. The third-order valence-corrected chi connectivity index (χ3v) is 12.4. The number of halogens is 5. The predicted molar refractivity (Wildman–Crippen MR) is 193 cm³/mol. The fourth-order valence-corrected chi connectivity index (χ4v) is 9.66. The van der Waals surface area contributed by atoms with Gasteiger partial charge in [0.2, 0.25) is 0 Å². The molecule has 0 aliphatic carbocycles. The second-order valence-corrected chi connectivity index (χ2v) is 16.5. The second-order valence-electron chi connectivity index (χ2n) is 11.6. The van der Waals surface area contributed by atoms with Gasteiger partial charge in [-0.3, -0.25) is 4.90 Å². The summed E-state index contributed by atoms with van der Waals surface area (Å²) in [5.41, 5.74) is 2.68. The van der Waals surface area contributed by atoms with Crippen LogP contribution in [0.4, 0.5) is 24.5 Å². The van der Waals surface area contributed by atoms with Crippen molar-refractivity contribution in [2.24, 2.45) is 4.99 Å². The Morgan fingerprint density at radius 3 is 2.59 bits per heavy atom. The number of hydrogen-bond donors (Lipinski definition) is 3. The van der Waals surface area contributed by atoms with E-state index in [2.05, 4.69) is 48.1 Å². The first-order valence-electron chi connectivity index (χ1n) is 15.4. The summed E-state index contributed by atoms with van der Waals surface area (Å²) in [6.07, 6.45) is -2.25. The molecule has 0 spiro atoms. The van der Waals surface area contributed by atoms with E-state index >= 15 is 0 Å². The van der Waals surface area contributed by atoms with Gasteiger partial charge in [0, 0.05) is 13.1 Å². The number of aromatic nitrogens is 3.